The smallest absolute Gasteiger partial charge is 0.187 e. The molecule has 1 saturated heterocycles. The van der Waals surface area contributed by atoms with Crippen LogP contribution in [0.3, 0.4) is 0 Å². The number of likely N-dealkylation sites (tertiary alicyclic amines) is 1. The first-order chi connectivity index (χ1) is 10.3. The summed E-state index contributed by atoms with van der Waals surface area (Å²) in [5.41, 5.74) is 7.17. The summed E-state index contributed by atoms with van der Waals surface area (Å²) in [6.07, 6.45) is 5.00. The Kier molecular flexibility index (Phi) is 6.69. The van der Waals surface area contributed by atoms with Crippen LogP contribution in [0.1, 0.15) is 31.2 Å². The van der Waals surface area contributed by atoms with Gasteiger partial charge in [0.05, 0.1) is 0 Å². The fraction of sp³-hybridized carbons (Fsp3) is 0.467. The van der Waals surface area contributed by atoms with Crippen LogP contribution in [-0.4, -0.2) is 28.2 Å². The first-order valence-corrected chi connectivity index (χ1v) is 8.20. The van der Waals surface area contributed by atoms with Gasteiger partial charge in [0.25, 0.3) is 0 Å². The zero-order chi connectivity index (χ0) is 14.9. The number of hydrogen-bond donors (Lipinski definition) is 3. The third-order valence-corrected chi connectivity index (χ3v) is 4.08. The summed E-state index contributed by atoms with van der Waals surface area (Å²) in [6, 6.07) is 10.2. The van der Waals surface area contributed by atoms with Crippen molar-refractivity contribution in [3.63, 3.8) is 0 Å². The molecule has 3 N–H and O–H groups in total. The Balaban J connectivity index is 1.67. The monoisotopic (exact) mass is 322 g/mol. The molecule has 1 aromatic rings. The zero-order valence-electron chi connectivity index (χ0n) is 12.1. The van der Waals surface area contributed by atoms with Gasteiger partial charge in [-0.3, -0.25) is 10.9 Å². The van der Waals surface area contributed by atoms with Gasteiger partial charge in [0.1, 0.15) is 0 Å². The molecule has 0 amide bonds. The van der Waals surface area contributed by atoms with Crippen molar-refractivity contribution < 1.29 is 0 Å². The second-order valence-corrected chi connectivity index (χ2v) is 5.92. The number of thiocarbonyl (C=S) groups is 2. The molecular formula is C15H22N4S2. The predicted octanol–water partition coefficient (Wildman–Crippen LogP) is 2.32. The number of hydrazine groups is 1. The number of nitrogens with one attached hydrogen (secondary N) is 3. The van der Waals surface area contributed by atoms with E-state index in [1.807, 2.05) is 18.2 Å². The first-order valence-electron chi connectivity index (χ1n) is 7.38. The Morgan fingerprint density at radius 2 is 1.62 bits per heavy atom. The molecule has 0 aromatic heterocycles. The van der Waals surface area contributed by atoms with Crippen LogP contribution < -0.4 is 16.2 Å². The van der Waals surface area contributed by atoms with Gasteiger partial charge >= 0.3 is 0 Å². The fourth-order valence-electron chi connectivity index (χ4n) is 2.29. The zero-order valence-corrected chi connectivity index (χ0v) is 13.7. The van der Waals surface area contributed by atoms with Crippen LogP contribution in [0.25, 0.3) is 0 Å². The van der Waals surface area contributed by atoms with E-state index in [1.165, 1.54) is 31.2 Å². The standard InChI is InChI=1S/C15H22N4S2/c20-14(16-12-13-8-4-3-5-9-13)17-18-15(21)19-10-6-1-2-7-11-19/h3-5,8-9H,1-2,6-7,10-12H2,(H,18,21)(H2,16,17,20). The Morgan fingerprint density at radius 3 is 2.29 bits per heavy atom. The highest BCUT2D eigenvalue weighted by molar-refractivity contribution is 7.80. The van der Waals surface area contributed by atoms with Crippen molar-refractivity contribution >= 4 is 34.7 Å². The molecule has 0 bridgehead atoms. The first kappa shape index (κ1) is 16.0. The van der Waals surface area contributed by atoms with Crippen molar-refractivity contribution in [2.75, 3.05) is 13.1 Å². The molecule has 0 aliphatic carbocycles. The Hall–Kier alpha value is -1.40. The van der Waals surface area contributed by atoms with Gasteiger partial charge in [0.15, 0.2) is 10.2 Å². The van der Waals surface area contributed by atoms with Gasteiger partial charge in [-0.2, -0.15) is 0 Å². The minimum atomic E-state index is 0.552. The number of hydrogen-bond acceptors (Lipinski definition) is 2. The van der Waals surface area contributed by atoms with Crippen LogP contribution in [0.5, 0.6) is 0 Å². The van der Waals surface area contributed by atoms with E-state index < -0.39 is 0 Å². The predicted molar refractivity (Wildman–Crippen MR) is 94.8 cm³/mol. The van der Waals surface area contributed by atoms with E-state index in [0.29, 0.717) is 11.7 Å². The molecule has 1 aliphatic heterocycles. The van der Waals surface area contributed by atoms with Crippen molar-refractivity contribution in [2.45, 2.75) is 32.2 Å². The molecule has 0 atom stereocenters. The maximum atomic E-state index is 5.40. The molecular weight excluding hydrogens is 300 g/mol. The minimum Gasteiger partial charge on any atom is -0.357 e. The van der Waals surface area contributed by atoms with Gasteiger partial charge in [-0.1, -0.05) is 43.2 Å². The average Bonchev–Trinajstić information content (AvgIpc) is 2.81. The second-order valence-electron chi connectivity index (χ2n) is 5.12. The summed E-state index contributed by atoms with van der Waals surface area (Å²) >= 11 is 10.6. The van der Waals surface area contributed by atoms with E-state index in [4.69, 9.17) is 24.4 Å². The molecule has 21 heavy (non-hydrogen) atoms. The van der Waals surface area contributed by atoms with Crippen LogP contribution in [0.2, 0.25) is 0 Å². The second kappa shape index (κ2) is 8.79. The summed E-state index contributed by atoms with van der Waals surface area (Å²) in [5.74, 6) is 0. The maximum Gasteiger partial charge on any atom is 0.187 e. The van der Waals surface area contributed by atoms with E-state index in [1.54, 1.807) is 0 Å². The molecule has 1 aromatic carbocycles. The number of benzene rings is 1. The van der Waals surface area contributed by atoms with E-state index in [0.717, 1.165) is 18.2 Å². The van der Waals surface area contributed by atoms with Crippen LogP contribution in [-0.2, 0) is 6.54 Å². The van der Waals surface area contributed by atoms with Crippen LogP contribution >= 0.6 is 24.4 Å². The summed E-state index contributed by atoms with van der Waals surface area (Å²) in [6.45, 7) is 2.75. The fourth-order valence-corrected chi connectivity index (χ4v) is 2.64. The molecule has 4 nitrogen and oxygen atoms in total. The topological polar surface area (TPSA) is 39.3 Å². The van der Waals surface area contributed by atoms with Gasteiger partial charge in [-0.15, -0.1) is 0 Å². The third-order valence-electron chi connectivity index (χ3n) is 3.47. The van der Waals surface area contributed by atoms with Crippen LogP contribution in [0.15, 0.2) is 30.3 Å². The van der Waals surface area contributed by atoms with Crippen molar-refractivity contribution in [1.82, 2.24) is 21.1 Å². The largest absolute Gasteiger partial charge is 0.357 e. The molecule has 0 spiro atoms. The normalized spacial score (nSPS) is 15.0. The third kappa shape index (κ3) is 5.85. The van der Waals surface area contributed by atoms with Crippen LogP contribution in [0.4, 0.5) is 0 Å². The molecule has 2 rings (SSSR count). The van der Waals surface area contributed by atoms with E-state index in [-0.39, 0.29) is 0 Å². The highest BCUT2D eigenvalue weighted by Gasteiger charge is 2.11. The van der Waals surface area contributed by atoms with Gasteiger partial charge in [0, 0.05) is 19.6 Å². The highest BCUT2D eigenvalue weighted by atomic mass is 32.1. The summed E-state index contributed by atoms with van der Waals surface area (Å²) < 4.78 is 0. The minimum absolute atomic E-state index is 0.552. The molecule has 6 heteroatoms. The lowest BCUT2D eigenvalue weighted by molar-refractivity contribution is 0.424. The molecule has 0 unspecified atom stereocenters. The summed E-state index contributed by atoms with van der Waals surface area (Å²) in [5, 5.41) is 4.42. The molecule has 0 radical (unpaired) electrons. The van der Waals surface area contributed by atoms with Gasteiger partial charge in [-0.05, 0) is 42.8 Å². The quantitative estimate of drug-likeness (QED) is 0.573. The lowest BCUT2D eigenvalue weighted by atomic mass is 10.2. The molecule has 1 aliphatic rings. The highest BCUT2D eigenvalue weighted by Crippen LogP contribution is 2.09. The van der Waals surface area contributed by atoms with Gasteiger partial charge in [0.2, 0.25) is 0 Å². The Morgan fingerprint density at radius 1 is 0.952 bits per heavy atom. The van der Waals surface area contributed by atoms with Crippen molar-refractivity contribution in [2.24, 2.45) is 0 Å². The van der Waals surface area contributed by atoms with Gasteiger partial charge < -0.3 is 10.2 Å². The Bertz CT molecular complexity index is 456. The SMILES string of the molecule is S=C(NCc1ccccc1)NNC(=S)N1CCCCCC1. The van der Waals surface area contributed by atoms with Crippen molar-refractivity contribution in [1.29, 1.82) is 0 Å². The lowest BCUT2D eigenvalue weighted by Crippen LogP contribution is -2.51. The molecule has 1 heterocycles. The van der Waals surface area contributed by atoms with E-state index in [2.05, 4.69) is 33.2 Å². The average molecular weight is 323 g/mol. The molecule has 1 fully saturated rings. The summed E-state index contributed by atoms with van der Waals surface area (Å²) in [7, 11) is 0. The van der Waals surface area contributed by atoms with Crippen molar-refractivity contribution in [3.8, 4) is 0 Å². The summed E-state index contributed by atoms with van der Waals surface area (Å²) in [4.78, 5) is 2.20. The molecule has 114 valence electrons. The maximum absolute atomic E-state index is 5.40. The Labute approximate surface area is 137 Å². The van der Waals surface area contributed by atoms with Crippen molar-refractivity contribution in [3.05, 3.63) is 35.9 Å². The lowest BCUT2D eigenvalue weighted by Gasteiger charge is -2.24. The number of nitrogens with zero attached hydrogens (tertiary/aromatic N) is 1. The van der Waals surface area contributed by atoms with Crippen LogP contribution in [0, 0.1) is 0 Å². The molecule has 0 saturated carbocycles. The van der Waals surface area contributed by atoms with Gasteiger partial charge in [-0.25, -0.2) is 0 Å². The number of rotatable bonds is 2. The van der Waals surface area contributed by atoms with E-state index >= 15 is 0 Å². The van der Waals surface area contributed by atoms with E-state index in [9.17, 15) is 0 Å².